The lowest BCUT2D eigenvalue weighted by molar-refractivity contribution is 0.302. The predicted molar refractivity (Wildman–Crippen MR) is 131 cm³/mol. The van der Waals surface area contributed by atoms with Crippen LogP contribution in [0.4, 0.5) is 0 Å². The molecule has 0 amide bonds. The van der Waals surface area contributed by atoms with Gasteiger partial charge in [0.1, 0.15) is 0 Å². The summed E-state index contributed by atoms with van der Waals surface area (Å²) in [6, 6.07) is 8.52. The molecular weight excluding hydrogens is 380 g/mol. The summed E-state index contributed by atoms with van der Waals surface area (Å²) in [7, 11) is 0. The van der Waals surface area contributed by atoms with Gasteiger partial charge in [0, 0.05) is 5.56 Å². The second-order valence-corrected chi connectivity index (χ2v) is 7.62. The first-order valence-corrected chi connectivity index (χ1v) is 11.7. The summed E-state index contributed by atoms with van der Waals surface area (Å²) < 4.78 is 5.72. The number of hydrogen-bond acceptors (Lipinski definition) is 3. The maximum absolute atomic E-state index is 5.72. The molecule has 0 unspecified atom stereocenters. The van der Waals surface area contributed by atoms with Gasteiger partial charge in [-0.1, -0.05) is 83.3 Å². The normalized spacial score (nSPS) is 9.81. The third-order valence-electron chi connectivity index (χ3n) is 4.99. The molecule has 0 radical (unpaired) electrons. The Morgan fingerprint density at radius 1 is 0.742 bits per heavy atom. The van der Waals surface area contributed by atoms with Crippen LogP contribution in [0.15, 0.2) is 36.7 Å². The number of hydrogen-bond donors (Lipinski definition) is 0. The van der Waals surface area contributed by atoms with Crippen molar-refractivity contribution in [1.29, 1.82) is 0 Å². The van der Waals surface area contributed by atoms with Gasteiger partial charge in [0.05, 0.1) is 19.0 Å². The summed E-state index contributed by atoms with van der Waals surface area (Å²) in [5.41, 5.74) is 2.38. The lowest BCUT2D eigenvalue weighted by Crippen LogP contribution is -1.99. The number of ether oxygens (including phenoxy) is 1. The first-order chi connectivity index (χ1) is 15.3. The van der Waals surface area contributed by atoms with Crippen molar-refractivity contribution in [3.63, 3.8) is 0 Å². The highest BCUT2D eigenvalue weighted by molar-refractivity contribution is 5.39. The Hall–Kier alpha value is -2.78. The summed E-state index contributed by atoms with van der Waals surface area (Å²) in [6.45, 7) is 5.21. The Bertz CT molecular complexity index is 767. The molecule has 1 aromatic heterocycles. The quantitative estimate of drug-likeness (QED) is 0.260. The molecule has 166 valence electrons. The molecule has 0 atom stereocenters. The molecule has 3 nitrogen and oxygen atoms in total. The van der Waals surface area contributed by atoms with Crippen LogP contribution in [0.2, 0.25) is 0 Å². The summed E-state index contributed by atoms with van der Waals surface area (Å²) in [5, 5.41) is 0. The van der Waals surface area contributed by atoms with E-state index in [4.69, 9.17) is 4.74 Å². The van der Waals surface area contributed by atoms with Crippen LogP contribution < -0.4 is 4.74 Å². The first-order valence-electron chi connectivity index (χ1n) is 11.7. The van der Waals surface area contributed by atoms with Crippen molar-refractivity contribution in [2.24, 2.45) is 0 Å². The molecule has 1 aromatic carbocycles. The lowest BCUT2D eigenvalue weighted by Gasteiger charge is -2.05. The monoisotopic (exact) mass is 418 g/mol. The third kappa shape index (κ3) is 12.5. The Balaban J connectivity index is 0.00000233. The minimum absolute atomic E-state index is 0.528. The molecule has 0 aliphatic carbocycles. The zero-order valence-corrected chi connectivity index (χ0v) is 19.4. The van der Waals surface area contributed by atoms with Crippen LogP contribution >= 0.6 is 0 Å². The summed E-state index contributed by atoms with van der Waals surface area (Å²) in [4.78, 5) is 8.60. The van der Waals surface area contributed by atoms with Crippen molar-refractivity contribution in [1.82, 2.24) is 9.97 Å². The second-order valence-electron chi connectivity index (χ2n) is 7.62. The van der Waals surface area contributed by atoms with E-state index in [9.17, 15) is 0 Å². The Morgan fingerprint density at radius 3 is 1.97 bits per heavy atom. The van der Waals surface area contributed by atoms with Crippen LogP contribution in [0.1, 0.15) is 95.0 Å². The van der Waals surface area contributed by atoms with Gasteiger partial charge in [-0.15, -0.1) is 12.8 Å². The molecule has 0 aliphatic heterocycles. The molecule has 0 aliphatic rings. The largest absolute Gasteiger partial charge is 0.490 e. The van der Waals surface area contributed by atoms with Crippen LogP contribution in [0.25, 0.3) is 0 Å². The van der Waals surface area contributed by atoms with Gasteiger partial charge in [0.15, 0.2) is 5.75 Å². The lowest BCUT2D eigenvalue weighted by atomic mass is 10.0. The number of aryl methyl sites for hydroxylation is 1. The average Bonchev–Trinajstić information content (AvgIpc) is 2.83. The highest BCUT2D eigenvalue weighted by atomic mass is 16.5. The standard InChI is InChI=1S/C26H36N2O.C2H2/c1-3-5-7-9-10-12-20-29-25-21-27-26(28-22-25)19-18-24-16-14-23(15-17-24)13-11-8-6-4-2;1-2/h14-17,21-22H,3-13,20H2,1-2H3;1-2H. The summed E-state index contributed by atoms with van der Waals surface area (Å²) in [6.07, 6.45) is 25.3. The van der Waals surface area contributed by atoms with Crippen molar-refractivity contribution in [2.75, 3.05) is 6.61 Å². The molecule has 0 N–H and O–H groups in total. The van der Waals surface area contributed by atoms with E-state index in [0.29, 0.717) is 5.82 Å². The summed E-state index contributed by atoms with van der Waals surface area (Å²) >= 11 is 0. The minimum Gasteiger partial charge on any atom is -0.490 e. The number of terminal acetylenes is 1. The molecule has 31 heavy (non-hydrogen) atoms. The van der Waals surface area contributed by atoms with Crippen LogP contribution in [0.3, 0.4) is 0 Å². The highest BCUT2D eigenvalue weighted by Crippen LogP contribution is 2.11. The third-order valence-corrected chi connectivity index (χ3v) is 4.99. The Morgan fingerprint density at radius 2 is 1.32 bits per heavy atom. The van der Waals surface area contributed by atoms with Gasteiger partial charge in [0.2, 0.25) is 5.82 Å². The van der Waals surface area contributed by atoms with E-state index in [-0.39, 0.29) is 0 Å². The maximum atomic E-state index is 5.72. The number of benzene rings is 1. The van der Waals surface area contributed by atoms with Crippen molar-refractivity contribution in [2.45, 2.75) is 84.5 Å². The van der Waals surface area contributed by atoms with Gasteiger partial charge in [-0.25, -0.2) is 9.97 Å². The maximum Gasteiger partial charge on any atom is 0.205 e. The SMILES string of the molecule is C#C.CCCCCCCCOc1cnc(C#Cc2ccc(CCCCCC)cc2)nc1. The van der Waals surface area contributed by atoms with Crippen molar-refractivity contribution < 1.29 is 4.74 Å². The molecule has 0 bridgehead atoms. The van der Waals surface area contributed by atoms with E-state index in [0.717, 1.165) is 30.8 Å². The van der Waals surface area contributed by atoms with Gasteiger partial charge < -0.3 is 4.74 Å². The zero-order valence-electron chi connectivity index (χ0n) is 19.4. The zero-order chi connectivity index (χ0) is 22.6. The minimum atomic E-state index is 0.528. The molecule has 0 saturated carbocycles. The van der Waals surface area contributed by atoms with Gasteiger partial charge in [-0.3, -0.25) is 0 Å². The molecule has 3 heteroatoms. The molecular formula is C28H38N2O. The second kappa shape index (κ2) is 18.0. The average molecular weight is 419 g/mol. The van der Waals surface area contributed by atoms with E-state index >= 15 is 0 Å². The molecule has 0 saturated heterocycles. The van der Waals surface area contributed by atoms with E-state index < -0.39 is 0 Å². The van der Waals surface area contributed by atoms with Gasteiger partial charge >= 0.3 is 0 Å². The molecule has 0 fully saturated rings. The number of rotatable bonds is 13. The van der Waals surface area contributed by atoms with Crippen LogP contribution in [0, 0.1) is 24.7 Å². The van der Waals surface area contributed by atoms with E-state index in [1.807, 2.05) is 0 Å². The number of unbranched alkanes of at least 4 members (excludes halogenated alkanes) is 8. The summed E-state index contributed by atoms with van der Waals surface area (Å²) in [5.74, 6) is 7.43. The number of nitrogens with zero attached hydrogens (tertiary/aromatic N) is 2. The van der Waals surface area contributed by atoms with Crippen molar-refractivity contribution in [3.05, 3.63) is 53.6 Å². The van der Waals surface area contributed by atoms with Crippen LogP contribution in [0.5, 0.6) is 5.75 Å². The van der Waals surface area contributed by atoms with Crippen LogP contribution in [-0.2, 0) is 6.42 Å². The number of aromatic nitrogens is 2. The first kappa shape index (κ1) is 26.3. The molecule has 1 heterocycles. The van der Waals surface area contributed by atoms with Gasteiger partial charge in [0.25, 0.3) is 0 Å². The van der Waals surface area contributed by atoms with Crippen molar-refractivity contribution >= 4 is 0 Å². The van der Waals surface area contributed by atoms with Gasteiger partial charge in [-0.05, 0) is 42.9 Å². The van der Waals surface area contributed by atoms with E-state index in [2.05, 4.69) is 72.8 Å². The highest BCUT2D eigenvalue weighted by Gasteiger charge is 1.98. The smallest absolute Gasteiger partial charge is 0.205 e. The van der Waals surface area contributed by atoms with E-state index in [1.54, 1.807) is 12.4 Å². The fourth-order valence-electron chi connectivity index (χ4n) is 3.17. The van der Waals surface area contributed by atoms with Crippen LogP contribution in [-0.4, -0.2) is 16.6 Å². The molecule has 2 aromatic rings. The Labute approximate surface area is 190 Å². The predicted octanol–water partition coefficient (Wildman–Crippen LogP) is 6.99. The fraction of sp³-hybridized carbons (Fsp3) is 0.500. The Kier molecular flexibility index (Phi) is 15.3. The fourth-order valence-corrected chi connectivity index (χ4v) is 3.17. The molecule has 0 spiro atoms. The van der Waals surface area contributed by atoms with E-state index in [1.165, 1.54) is 63.4 Å². The van der Waals surface area contributed by atoms with Gasteiger partial charge in [-0.2, -0.15) is 0 Å². The molecule has 2 rings (SSSR count). The van der Waals surface area contributed by atoms with Crippen molar-refractivity contribution in [3.8, 4) is 30.4 Å². The topological polar surface area (TPSA) is 35.0 Å².